The van der Waals surface area contributed by atoms with Gasteiger partial charge in [0.15, 0.2) is 0 Å². The largest absolute Gasteiger partial charge is 0.496 e. The lowest BCUT2D eigenvalue weighted by Crippen LogP contribution is -2.38. The van der Waals surface area contributed by atoms with Crippen molar-refractivity contribution in [3.05, 3.63) is 35.3 Å². The maximum Gasteiger partial charge on any atom is 0.129 e. The first-order valence-corrected chi connectivity index (χ1v) is 10.7. The maximum absolute atomic E-state index is 5.48. The van der Waals surface area contributed by atoms with E-state index in [0.717, 1.165) is 34.7 Å². The third-order valence-corrected chi connectivity index (χ3v) is 6.97. The Morgan fingerprint density at radius 3 is 2.46 bits per heavy atom. The number of benzene rings is 1. The number of nitrogens with one attached hydrogen (secondary N) is 1. The van der Waals surface area contributed by atoms with E-state index in [4.69, 9.17) is 4.74 Å². The number of likely N-dealkylation sites (tertiary alicyclic amines) is 1. The van der Waals surface area contributed by atoms with E-state index < -0.39 is 0 Å². The first-order chi connectivity index (χ1) is 12.8. The van der Waals surface area contributed by atoms with Crippen molar-refractivity contribution >= 4 is 36.2 Å². The molecule has 4 nitrogen and oxygen atoms in total. The summed E-state index contributed by atoms with van der Waals surface area (Å²) in [5, 5.41) is 4.55. The molecule has 3 heterocycles. The molecule has 28 heavy (non-hydrogen) atoms. The molecule has 1 aromatic heterocycles. The van der Waals surface area contributed by atoms with Gasteiger partial charge in [0.2, 0.25) is 0 Å². The summed E-state index contributed by atoms with van der Waals surface area (Å²) in [6.45, 7) is 5.94. The molecule has 0 bridgehead atoms. The van der Waals surface area contributed by atoms with Crippen LogP contribution in [0.4, 0.5) is 0 Å². The molecule has 1 N–H and O–H groups in total. The summed E-state index contributed by atoms with van der Waals surface area (Å²) in [5.41, 5.74) is 1.09. The van der Waals surface area contributed by atoms with Crippen molar-refractivity contribution in [2.24, 2.45) is 11.8 Å². The molecule has 0 radical (unpaired) electrons. The van der Waals surface area contributed by atoms with Gasteiger partial charge in [-0.3, -0.25) is 4.90 Å². The van der Waals surface area contributed by atoms with Gasteiger partial charge in [-0.15, -0.1) is 36.2 Å². The second-order valence-corrected chi connectivity index (χ2v) is 8.65. The van der Waals surface area contributed by atoms with Crippen molar-refractivity contribution < 1.29 is 4.74 Å². The highest BCUT2D eigenvalue weighted by atomic mass is 35.5. The lowest BCUT2D eigenvalue weighted by Gasteiger charge is -2.37. The number of hydrogen-bond acceptors (Lipinski definition) is 5. The number of halogens is 2. The van der Waals surface area contributed by atoms with E-state index >= 15 is 0 Å². The summed E-state index contributed by atoms with van der Waals surface area (Å²) in [6.07, 6.45) is 7.53. The van der Waals surface area contributed by atoms with Crippen LogP contribution < -0.4 is 10.1 Å². The van der Waals surface area contributed by atoms with Gasteiger partial charge in [0.05, 0.1) is 12.7 Å². The molecule has 0 saturated carbocycles. The summed E-state index contributed by atoms with van der Waals surface area (Å²) in [6, 6.07) is 8.14. The van der Waals surface area contributed by atoms with Crippen molar-refractivity contribution in [1.82, 2.24) is 15.2 Å². The molecule has 7 heteroatoms. The van der Waals surface area contributed by atoms with E-state index in [9.17, 15) is 0 Å². The molecule has 2 saturated heterocycles. The number of rotatable bonds is 5. The summed E-state index contributed by atoms with van der Waals surface area (Å²) < 4.78 is 5.48. The number of aromatic nitrogens is 1. The fourth-order valence-corrected chi connectivity index (χ4v) is 5.43. The van der Waals surface area contributed by atoms with Crippen LogP contribution in [0.25, 0.3) is 10.6 Å². The molecule has 0 aliphatic carbocycles. The SMILES string of the molecule is COc1ccccc1-c1ncc(CN2CCC(C3CCNCC3)CC2)s1.Cl.Cl. The fourth-order valence-electron chi connectivity index (χ4n) is 4.44. The Bertz CT molecular complexity index is 713. The third kappa shape index (κ3) is 5.61. The molecule has 0 amide bonds. The van der Waals surface area contributed by atoms with Crippen molar-refractivity contribution in [3.63, 3.8) is 0 Å². The van der Waals surface area contributed by atoms with Gasteiger partial charge < -0.3 is 10.1 Å². The molecule has 1 aromatic carbocycles. The highest BCUT2D eigenvalue weighted by Crippen LogP contribution is 2.34. The van der Waals surface area contributed by atoms with Crippen molar-refractivity contribution in [1.29, 1.82) is 0 Å². The van der Waals surface area contributed by atoms with Gasteiger partial charge in [0, 0.05) is 17.6 Å². The Hall–Kier alpha value is -0.850. The van der Waals surface area contributed by atoms with E-state index in [1.54, 1.807) is 18.4 Å². The molecule has 156 valence electrons. The number of nitrogens with zero attached hydrogens (tertiary/aromatic N) is 2. The minimum absolute atomic E-state index is 0. The number of para-hydroxylation sites is 1. The lowest BCUT2D eigenvalue weighted by molar-refractivity contribution is 0.126. The standard InChI is InChI=1S/C21H29N3OS.2ClH/c1-25-20-5-3-2-4-19(20)21-23-14-18(26-21)15-24-12-8-17(9-13-24)16-6-10-22-11-7-16;;/h2-5,14,16-17,22H,6-13,15H2,1H3;2*1H. The first kappa shape index (κ1) is 23.4. The molecule has 0 atom stereocenters. The van der Waals surface area contributed by atoms with Crippen LogP contribution >= 0.6 is 36.2 Å². The summed E-state index contributed by atoms with van der Waals surface area (Å²) >= 11 is 1.80. The summed E-state index contributed by atoms with van der Waals surface area (Å²) in [5.74, 6) is 2.80. The molecular weight excluding hydrogens is 413 g/mol. The summed E-state index contributed by atoms with van der Waals surface area (Å²) in [4.78, 5) is 8.62. The molecule has 2 aliphatic rings. The van der Waals surface area contributed by atoms with Gasteiger partial charge in [-0.2, -0.15) is 0 Å². The minimum atomic E-state index is 0. The third-order valence-electron chi connectivity index (χ3n) is 5.95. The van der Waals surface area contributed by atoms with Gasteiger partial charge in [-0.25, -0.2) is 4.98 Å². The second kappa shape index (κ2) is 11.4. The topological polar surface area (TPSA) is 37.4 Å². The molecule has 0 spiro atoms. The smallest absolute Gasteiger partial charge is 0.129 e. The van der Waals surface area contributed by atoms with Gasteiger partial charge in [-0.1, -0.05) is 12.1 Å². The zero-order valence-electron chi connectivity index (χ0n) is 16.4. The second-order valence-electron chi connectivity index (χ2n) is 7.53. The molecule has 2 aliphatic heterocycles. The van der Waals surface area contributed by atoms with Crippen molar-refractivity contribution in [2.75, 3.05) is 33.3 Å². The van der Waals surface area contributed by atoms with Gasteiger partial charge in [-0.05, 0) is 75.8 Å². The summed E-state index contributed by atoms with van der Waals surface area (Å²) in [7, 11) is 1.72. The molecule has 2 fully saturated rings. The van der Waals surface area contributed by atoms with Gasteiger partial charge in [0.25, 0.3) is 0 Å². The molecule has 0 unspecified atom stereocenters. The Kier molecular flexibility index (Phi) is 9.51. The first-order valence-electron chi connectivity index (χ1n) is 9.84. The van der Waals surface area contributed by atoms with Crippen molar-refractivity contribution in [3.8, 4) is 16.3 Å². The highest BCUT2D eigenvalue weighted by molar-refractivity contribution is 7.15. The van der Waals surface area contributed by atoms with Crippen molar-refractivity contribution in [2.45, 2.75) is 32.2 Å². The van der Waals surface area contributed by atoms with Crippen LogP contribution in [-0.2, 0) is 6.54 Å². The average molecular weight is 444 g/mol. The normalized spacial score (nSPS) is 18.9. The monoisotopic (exact) mass is 443 g/mol. The zero-order valence-corrected chi connectivity index (χ0v) is 18.9. The van der Waals surface area contributed by atoms with Crippen LogP contribution in [0.15, 0.2) is 30.5 Å². The fraction of sp³-hybridized carbons (Fsp3) is 0.571. The quantitative estimate of drug-likeness (QED) is 0.714. The Labute approximate surface area is 184 Å². The number of methoxy groups -OCH3 is 1. The van der Waals surface area contributed by atoms with Crippen LogP contribution in [0.1, 0.15) is 30.6 Å². The molecule has 2 aromatic rings. The van der Waals surface area contributed by atoms with Gasteiger partial charge >= 0.3 is 0 Å². The van der Waals surface area contributed by atoms with Crippen LogP contribution in [0.5, 0.6) is 5.75 Å². The number of thiazole rings is 1. The van der Waals surface area contributed by atoms with Crippen LogP contribution in [0, 0.1) is 11.8 Å². The molecular formula is C21H31Cl2N3OS. The Morgan fingerprint density at radius 2 is 1.75 bits per heavy atom. The minimum Gasteiger partial charge on any atom is -0.496 e. The predicted molar refractivity (Wildman–Crippen MR) is 122 cm³/mol. The Balaban J connectivity index is 0.00000140. The van der Waals surface area contributed by atoms with E-state index in [1.165, 1.54) is 56.7 Å². The van der Waals surface area contributed by atoms with Crippen LogP contribution in [0.3, 0.4) is 0 Å². The highest BCUT2D eigenvalue weighted by Gasteiger charge is 2.27. The Morgan fingerprint density at radius 1 is 1.07 bits per heavy atom. The van der Waals surface area contributed by atoms with Crippen LogP contribution in [-0.4, -0.2) is 43.2 Å². The maximum atomic E-state index is 5.48. The van der Waals surface area contributed by atoms with E-state index in [2.05, 4.69) is 21.3 Å². The number of ether oxygens (including phenoxy) is 1. The number of hydrogen-bond donors (Lipinski definition) is 1. The van der Waals surface area contributed by atoms with E-state index in [0.29, 0.717) is 0 Å². The van der Waals surface area contributed by atoms with E-state index in [-0.39, 0.29) is 24.8 Å². The van der Waals surface area contributed by atoms with Gasteiger partial charge in [0.1, 0.15) is 10.8 Å². The van der Waals surface area contributed by atoms with E-state index in [1.807, 2.05) is 24.4 Å². The molecule has 4 rings (SSSR count). The van der Waals surface area contributed by atoms with Crippen LogP contribution in [0.2, 0.25) is 0 Å². The predicted octanol–water partition coefficient (Wildman–Crippen LogP) is 4.87. The number of piperidine rings is 2. The average Bonchev–Trinajstić information content (AvgIpc) is 3.17. The zero-order chi connectivity index (χ0) is 17.8. The lowest BCUT2D eigenvalue weighted by atomic mass is 9.79.